The first-order valence-corrected chi connectivity index (χ1v) is 8.92. The van der Waals surface area contributed by atoms with Crippen LogP contribution in [-0.4, -0.2) is 18.2 Å². The molecule has 10 heteroatoms. The Morgan fingerprint density at radius 3 is 2.37 bits per heavy atom. The number of hydrogen-bond donors (Lipinski definition) is 3. The van der Waals surface area contributed by atoms with E-state index in [9.17, 15) is 18.0 Å². The first kappa shape index (κ1) is 25.5. The number of benzene rings is 2. The second kappa shape index (κ2) is 11.6. The molecule has 2 aromatic carbocycles. The molecule has 0 heterocycles. The molecule has 2 aromatic rings. The lowest BCUT2D eigenvalue weighted by molar-refractivity contribution is -0.274. The molecule has 0 bridgehead atoms. The minimum absolute atomic E-state index is 0. The van der Waals surface area contributed by atoms with Crippen LogP contribution < -0.4 is 21.1 Å². The molecule has 164 valence electrons. The van der Waals surface area contributed by atoms with Crippen LogP contribution in [0.5, 0.6) is 5.75 Å². The molecule has 4 N–H and O–H groups in total. The van der Waals surface area contributed by atoms with Gasteiger partial charge in [0.15, 0.2) is 5.96 Å². The van der Waals surface area contributed by atoms with Crippen LogP contribution in [0.25, 0.3) is 0 Å². The zero-order valence-corrected chi connectivity index (χ0v) is 18.8. The van der Waals surface area contributed by atoms with Gasteiger partial charge in [-0.3, -0.25) is 4.79 Å². The predicted molar refractivity (Wildman–Crippen MR) is 122 cm³/mol. The topological polar surface area (TPSA) is 88.7 Å². The molecule has 0 radical (unpaired) electrons. The average molecular weight is 536 g/mol. The predicted octanol–water partition coefficient (Wildman–Crippen LogP) is 5.11. The second-order valence-electron chi connectivity index (χ2n) is 6.75. The summed E-state index contributed by atoms with van der Waals surface area (Å²) < 4.78 is 40.3. The van der Waals surface area contributed by atoms with Crippen molar-refractivity contribution in [1.82, 2.24) is 0 Å². The molecule has 0 aliphatic rings. The Bertz CT molecular complexity index is 856. The number of anilines is 2. The molecule has 0 aliphatic heterocycles. The summed E-state index contributed by atoms with van der Waals surface area (Å²) in [6.45, 7) is 4.21. The van der Waals surface area contributed by atoms with Gasteiger partial charge in [-0.2, -0.15) is 0 Å². The maximum absolute atomic E-state index is 12.2. The van der Waals surface area contributed by atoms with E-state index in [1.54, 1.807) is 18.2 Å². The molecule has 6 nitrogen and oxygen atoms in total. The van der Waals surface area contributed by atoms with Gasteiger partial charge in [0, 0.05) is 17.8 Å². The van der Waals surface area contributed by atoms with Crippen molar-refractivity contribution in [1.29, 1.82) is 0 Å². The minimum atomic E-state index is -4.74. The zero-order chi connectivity index (χ0) is 21.4. The highest BCUT2D eigenvalue weighted by atomic mass is 127. The number of nitrogens with two attached hydrogens (primary N) is 1. The third kappa shape index (κ3) is 9.81. The highest BCUT2D eigenvalue weighted by molar-refractivity contribution is 14.0. The summed E-state index contributed by atoms with van der Waals surface area (Å²) in [6, 6.07) is 12.4. The number of nitrogens with one attached hydrogen (secondary N) is 2. The summed E-state index contributed by atoms with van der Waals surface area (Å²) in [5, 5.41) is 5.63. The third-order valence-electron chi connectivity index (χ3n) is 3.60. The smallest absolute Gasteiger partial charge is 0.406 e. The van der Waals surface area contributed by atoms with Crippen molar-refractivity contribution in [3.05, 3.63) is 54.1 Å². The van der Waals surface area contributed by atoms with Gasteiger partial charge >= 0.3 is 6.36 Å². The van der Waals surface area contributed by atoms with Gasteiger partial charge in [-0.1, -0.05) is 26.0 Å². The zero-order valence-electron chi connectivity index (χ0n) is 16.5. The summed E-state index contributed by atoms with van der Waals surface area (Å²) in [7, 11) is 0. The van der Waals surface area contributed by atoms with Crippen LogP contribution in [0, 0.1) is 5.92 Å². The number of alkyl halides is 3. The highest BCUT2D eigenvalue weighted by Gasteiger charge is 2.30. The minimum Gasteiger partial charge on any atom is -0.406 e. The van der Waals surface area contributed by atoms with Gasteiger partial charge in [0.2, 0.25) is 5.91 Å². The Hall–Kier alpha value is -2.50. The van der Waals surface area contributed by atoms with Gasteiger partial charge in [-0.25, -0.2) is 4.99 Å². The third-order valence-corrected chi connectivity index (χ3v) is 3.60. The molecule has 0 atom stereocenters. The van der Waals surface area contributed by atoms with Crippen LogP contribution in [0.4, 0.5) is 24.5 Å². The van der Waals surface area contributed by atoms with E-state index < -0.39 is 6.36 Å². The van der Waals surface area contributed by atoms with E-state index in [-0.39, 0.29) is 54.1 Å². The molecule has 0 aromatic heterocycles. The molecular weight excluding hydrogens is 512 g/mol. The lowest BCUT2D eigenvalue weighted by Crippen LogP contribution is -2.22. The monoisotopic (exact) mass is 536 g/mol. The molecule has 0 spiro atoms. The fraction of sp³-hybridized carbons (Fsp3) is 0.300. The number of aliphatic imine (C=N–C) groups is 1. The summed E-state index contributed by atoms with van der Waals surface area (Å²) in [5.41, 5.74) is 7.81. The number of carbonyl (C=O) groups is 1. The highest BCUT2D eigenvalue weighted by Crippen LogP contribution is 2.23. The van der Waals surface area contributed by atoms with E-state index in [2.05, 4.69) is 20.4 Å². The van der Waals surface area contributed by atoms with Crippen molar-refractivity contribution in [3.63, 3.8) is 0 Å². The summed E-state index contributed by atoms with van der Waals surface area (Å²) in [4.78, 5) is 16.1. The first-order chi connectivity index (χ1) is 13.6. The van der Waals surface area contributed by atoms with Gasteiger partial charge in [0.25, 0.3) is 0 Å². The lowest BCUT2D eigenvalue weighted by Gasteiger charge is -2.10. The Labute approximate surface area is 190 Å². The second-order valence-corrected chi connectivity index (χ2v) is 6.75. The number of amides is 1. The molecule has 1 amide bonds. The van der Waals surface area contributed by atoms with Crippen LogP contribution in [0.3, 0.4) is 0 Å². The maximum Gasteiger partial charge on any atom is 0.573 e. The molecule has 0 saturated heterocycles. The Morgan fingerprint density at radius 2 is 1.77 bits per heavy atom. The fourth-order valence-corrected chi connectivity index (χ4v) is 2.43. The SMILES string of the molecule is CC(C)CC(=O)Nc1cccc(CN=C(N)Nc2ccc(OC(F)(F)F)cc2)c1.I. The Kier molecular flexibility index (Phi) is 9.90. The van der Waals surface area contributed by atoms with E-state index in [1.807, 2.05) is 19.9 Å². The number of carbonyl (C=O) groups excluding carboxylic acids is 1. The largest absolute Gasteiger partial charge is 0.573 e. The number of ether oxygens (including phenoxy) is 1. The Balaban J connectivity index is 0.00000450. The van der Waals surface area contributed by atoms with Crippen LogP contribution in [-0.2, 0) is 11.3 Å². The van der Waals surface area contributed by atoms with Crippen LogP contribution >= 0.6 is 24.0 Å². The van der Waals surface area contributed by atoms with Crippen molar-refractivity contribution >= 4 is 47.2 Å². The van der Waals surface area contributed by atoms with Gasteiger partial charge in [-0.15, -0.1) is 37.1 Å². The van der Waals surface area contributed by atoms with Crippen molar-refractivity contribution in [2.45, 2.75) is 33.2 Å². The lowest BCUT2D eigenvalue weighted by atomic mass is 10.1. The first-order valence-electron chi connectivity index (χ1n) is 8.92. The normalized spacial score (nSPS) is 11.6. The maximum atomic E-state index is 12.2. The van der Waals surface area contributed by atoms with Crippen molar-refractivity contribution in [2.75, 3.05) is 10.6 Å². The molecule has 2 rings (SSSR count). The molecule has 0 fully saturated rings. The summed E-state index contributed by atoms with van der Waals surface area (Å²) >= 11 is 0. The number of hydrogen-bond acceptors (Lipinski definition) is 3. The van der Waals surface area contributed by atoms with Gasteiger partial charge in [-0.05, 0) is 47.9 Å². The van der Waals surface area contributed by atoms with Crippen LogP contribution in [0.15, 0.2) is 53.5 Å². The van der Waals surface area contributed by atoms with E-state index in [4.69, 9.17) is 5.73 Å². The van der Waals surface area contributed by atoms with E-state index in [0.717, 1.165) is 5.56 Å². The van der Waals surface area contributed by atoms with E-state index in [1.165, 1.54) is 24.3 Å². The van der Waals surface area contributed by atoms with Gasteiger partial charge in [0.05, 0.1) is 6.54 Å². The van der Waals surface area contributed by atoms with Crippen LogP contribution in [0.1, 0.15) is 25.8 Å². The average Bonchev–Trinajstić information content (AvgIpc) is 2.60. The number of rotatable bonds is 7. The standard InChI is InChI=1S/C20H23F3N4O2.HI/c1-13(2)10-18(28)26-16-5-3-4-14(11-16)12-25-19(24)27-15-6-8-17(9-7-15)29-20(21,22)23;/h3-9,11,13H,10,12H2,1-2H3,(H,26,28)(H3,24,25,27);1H. The van der Waals surface area contributed by atoms with Gasteiger partial charge < -0.3 is 21.1 Å². The molecule has 30 heavy (non-hydrogen) atoms. The van der Waals surface area contributed by atoms with Gasteiger partial charge in [0.1, 0.15) is 5.75 Å². The molecule has 0 unspecified atom stereocenters. The van der Waals surface area contributed by atoms with Crippen LogP contribution in [0.2, 0.25) is 0 Å². The van der Waals surface area contributed by atoms with E-state index in [0.29, 0.717) is 17.8 Å². The summed E-state index contributed by atoms with van der Waals surface area (Å²) in [6.07, 6.45) is -4.30. The molecule has 0 aliphatic carbocycles. The number of guanidine groups is 1. The summed E-state index contributed by atoms with van der Waals surface area (Å²) in [5.74, 6) is -0.0128. The fourth-order valence-electron chi connectivity index (χ4n) is 2.43. The molecular formula is C20H24F3IN4O2. The number of halogens is 4. The van der Waals surface area contributed by atoms with Crippen molar-refractivity contribution in [3.8, 4) is 5.75 Å². The molecule has 0 saturated carbocycles. The Morgan fingerprint density at radius 1 is 1.10 bits per heavy atom. The van der Waals surface area contributed by atoms with E-state index >= 15 is 0 Å². The quantitative estimate of drug-likeness (QED) is 0.261. The number of nitrogens with zero attached hydrogens (tertiary/aromatic N) is 1. The van der Waals surface area contributed by atoms with Crippen molar-refractivity contribution < 1.29 is 22.7 Å². The van der Waals surface area contributed by atoms with Crippen molar-refractivity contribution in [2.24, 2.45) is 16.6 Å².